The Kier molecular flexibility index (Phi) is 2.10. The van der Waals surface area contributed by atoms with E-state index in [1.54, 1.807) is 11.1 Å². The summed E-state index contributed by atoms with van der Waals surface area (Å²) >= 11 is 0. The van der Waals surface area contributed by atoms with E-state index in [2.05, 4.69) is 25.1 Å². The molecule has 2 unspecified atom stereocenters. The highest BCUT2D eigenvalue weighted by atomic mass is 14.6. The Labute approximate surface area is 91.7 Å². The van der Waals surface area contributed by atoms with Gasteiger partial charge in [0.25, 0.3) is 0 Å². The van der Waals surface area contributed by atoms with Crippen LogP contribution < -0.4 is 5.73 Å². The minimum absolute atomic E-state index is 0.630. The molecule has 80 valence electrons. The van der Waals surface area contributed by atoms with Gasteiger partial charge < -0.3 is 5.73 Å². The molecule has 0 aliphatic heterocycles. The van der Waals surface area contributed by atoms with Crippen molar-refractivity contribution in [2.75, 3.05) is 6.54 Å². The second-order valence-electron chi connectivity index (χ2n) is 5.19. The zero-order valence-corrected chi connectivity index (χ0v) is 9.37. The molecule has 1 aromatic carbocycles. The van der Waals surface area contributed by atoms with E-state index in [1.807, 2.05) is 0 Å². The predicted molar refractivity (Wildman–Crippen MR) is 63.1 cm³/mol. The highest BCUT2D eigenvalue weighted by Crippen LogP contribution is 2.53. The van der Waals surface area contributed by atoms with Crippen molar-refractivity contribution in [3.63, 3.8) is 0 Å². The topological polar surface area (TPSA) is 26.0 Å². The van der Waals surface area contributed by atoms with Gasteiger partial charge in [0, 0.05) is 0 Å². The molecule has 0 heterocycles. The lowest BCUT2D eigenvalue weighted by molar-refractivity contribution is 0.544. The first-order chi connectivity index (χ1) is 7.31. The van der Waals surface area contributed by atoms with E-state index in [1.165, 1.54) is 24.8 Å². The standard InChI is InChI=1S/C14H19N/c1-9-3-2-4-12-11(8-15)7-13(14(9)12)10-5-6-10/h2-4,10-11,13H,5-8,15H2,1H3. The summed E-state index contributed by atoms with van der Waals surface area (Å²) in [5, 5.41) is 0. The molecule has 2 atom stereocenters. The van der Waals surface area contributed by atoms with Gasteiger partial charge >= 0.3 is 0 Å². The first-order valence-corrected chi connectivity index (χ1v) is 6.10. The van der Waals surface area contributed by atoms with Gasteiger partial charge in [0.05, 0.1) is 0 Å². The van der Waals surface area contributed by atoms with Gasteiger partial charge in [-0.05, 0) is 67.2 Å². The number of benzene rings is 1. The average molecular weight is 201 g/mol. The zero-order chi connectivity index (χ0) is 10.4. The van der Waals surface area contributed by atoms with Crippen LogP contribution in [-0.2, 0) is 0 Å². The lowest BCUT2D eigenvalue weighted by atomic mass is 9.93. The Morgan fingerprint density at radius 2 is 2.13 bits per heavy atom. The maximum atomic E-state index is 5.88. The first-order valence-electron chi connectivity index (χ1n) is 6.10. The van der Waals surface area contributed by atoms with Crippen LogP contribution in [0, 0.1) is 12.8 Å². The molecule has 2 N–H and O–H groups in total. The van der Waals surface area contributed by atoms with Crippen LogP contribution in [0.3, 0.4) is 0 Å². The van der Waals surface area contributed by atoms with Gasteiger partial charge in [-0.15, -0.1) is 0 Å². The molecule has 0 amide bonds. The van der Waals surface area contributed by atoms with Gasteiger partial charge in [0.15, 0.2) is 0 Å². The summed E-state index contributed by atoms with van der Waals surface area (Å²) in [5.74, 6) is 2.43. The number of nitrogens with two attached hydrogens (primary N) is 1. The first kappa shape index (κ1) is 9.41. The van der Waals surface area contributed by atoms with E-state index >= 15 is 0 Å². The highest BCUT2D eigenvalue weighted by molar-refractivity contribution is 5.44. The highest BCUT2D eigenvalue weighted by Gasteiger charge is 2.40. The molecule has 1 fully saturated rings. The third-order valence-electron chi connectivity index (χ3n) is 4.18. The fourth-order valence-electron chi connectivity index (χ4n) is 3.27. The van der Waals surface area contributed by atoms with E-state index in [0.29, 0.717) is 5.92 Å². The fraction of sp³-hybridized carbons (Fsp3) is 0.571. The molecule has 0 radical (unpaired) electrons. The fourth-order valence-corrected chi connectivity index (χ4v) is 3.27. The van der Waals surface area contributed by atoms with Crippen molar-refractivity contribution in [3.05, 3.63) is 34.9 Å². The summed E-state index contributed by atoms with van der Waals surface area (Å²) in [6, 6.07) is 6.74. The minimum atomic E-state index is 0.630. The minimum Gasteiger partial charge on any atom is -0.330 e. The number of hydrogen-bond acceptors (Lipinski definition) is 1. The molecule has 0 spiro atoms. The number of aryl methyl sites for hydroxylation is 1. The normalized spacial score (nSPS) is 29.2. The summed E-state index contributed by atoms with van der Waals surface area (Å²) in [7, 11) is 0. The second-order valence-corrected chi connectivity index (χ2v) is 5.19. The van der Waals surface area contributed by atoms with E-state index in [4.69, 9.17) is 5.73 Å². The summed E-state index contributed by atoms with van der Waals surface area (Å²) in [5.41, 5.74) is 10.6. The van der Waals surface area contributed by atoms with Crippen molar-refractivity contribution in [1.29, 1.82) is 0 Å². The summed E-state index contributed by atoms with van der Waals surface area (Å²) in [6.45, 7) is 3.08. The molecule has 0 saturated heterocycles. The molecule has 1 heteroatoms. The monoisotopic (exact) mass is 201 g/mol. The summed E-state index contributed by atoms with van der Waals surface area (Å²) in [4.78, 5) is 0. The van der Waals surface area contributed by atoms with Crippen LogP contribution in [0.1, 0.15) is 47.8 Å². The largest absolute Gasteiger partial charge is 0.330 e. The molecule has 1 nitrogen and oxygen atoms in total. The lowest BCUT2D eigenvalue weighted by Gasteiger charge is -2.12. The quantitative estimate of drug-likeness (QED) is 0.782. The van der Waals surface area contributed by atoms with Crippen LogP contribution in [0.4, 0.5) is 0 Å². The Morgan fingerprint density at radius 1 is 1.33 bits per heavy atom. The molecule has 1 saturated carbocycles. The molecule has 0 bridgehead atoms. The number of rotatable bonds is 2. The molecular weight excluding hydrogens is 182 g/mol. The zero-order valence-electron chi connectivity index (χ0n) is 9.37. The van der Waals surface area contributed by atoms with E-state index in [0.717, 1.165) is 18.4 Å². The number of fused-ring (bicyclic) bond motifs is 1. The predicted octanol–water partition coefficient (Wildman–Crippen LogP) is 2.93. The van der Waals surface area contributed by atoms with E-state index in [-0.39, 0.29) is 0 Å². The molecule has 15 heavy (non-hydrogen) atoms. The van der Waals surface area contributed by atoms with Crippen LogP contribution in [0.2, 0.25) is 0 Å². The van der Waals surface area contributed by atoms with Gasteiger partial charge in [-0.1, -0.05) is 18.2 Å². The molecule has 2 aliphatic rings. The second kappa shape index (κ2) is 3.34. The smallest absolute Gasteiger partial charge is 0.000791 e. The van der Waals surface area contributed by atoms with E-state index in [9.17, 15) is 0 Å². The van der Waals surface area contributed by atoms with Crippen molar-refractivity contribution in [3.8, 4) is 0 Å². The van der Waals surface area contributed by atoms with Gasteiger partial charge in [-0.2, -0.15) is 0 Å². The van der Waals surface area contributed by atoms with Crippen molar-refractivity contribution in [1.82, 2.24) is 0 Å². The van der Waals surface area contributed by atoms with Crippen LogP contribution in [0.5, 0.6) is 0 Å². The Balaban J connectivity index is 2.06. The van der Waals surface area contributed by atoms with Gasteiger partial charge in [-0.25, -0.2) is 0 Å². The Morgan fingerprint density at radius 3 is 2.80 bits per heavy atom. The molecule has 1 aromatic rings. The van der Waals surface area contributed by atoms with Crippen LogP contribution >= 0.6 is 0 Å². The Bertz CT molecular complexity index is 379. The third kappa shape index (κ3) is 1.41. The van der Waals surface area contributed by atoms with Crippen molar-refractivity contribution >= 4 is 0 Å². The molecule has 2 aliphatic carbocycles. The molecule has 0 aromatic heterocycles. The summed E-state index contributed by atoms with van der Waals surface area (Å²) in [6.07, 6.45) is 4.19. The summed E-state index contributed by atoms with van der Waals surface area (Å²) < 4.78 is 0. The van der Waals surface area contributed by atoms with E-state index < -0.39 is 0 Å². The van der Waals surface area contributed by atoms with Crippen LogP contribution in [0.25, 0.3) is 0 Å². The number of hydrogen-bond donors (Lipinski definition) is 1. The van der Waals surface area contributed by atoms with Gasteiger partial charge in [0.1, 0.15) is 0 Å². The van der Waals surface area contributed by atoms with Crippen molar-refractivity contribution < 1.29 is 0 Å². The Hall–Kier alpha value is -0.820. The molecule has 3 rings (SSSR count). The van der Waals surface area contributed by atoms with Crippen LogP contribution in [0.15, 0.2) is 18.2 Å². The average Bonchev–Trinajstić information content (AvgIpc) is 3.00. The lowest BCUT2D eigenvalue weighted by Crippen LogP contribution is -2.09. The maximum Gasteiger partial charge on any atom is -0.000791 e. The molecular formula is C14H19N. The van der Waals surface area contributed by atoms with Crippen LogP contribution in [-0.4, -0.2) is 6.54 Å². The van der Waals surface area contributed by atoms with Gasteiger partial charge in [0.2, 0.25) is 0 Å². The maximum absolute atomic E-state index is 5.88. The van der Waals surface area contributed by atoms with Crippen molar-refractivity contribution in [2.24, 2.45) is 11.7 Å². The SMILES string of the molecule is Cc1cccc2c1C(C1CC1)CC2CN. The van der Waals surface area contributed by atoms with Crippen molar-refractivity contribution in [2.45, 2.75) is 38.0 Å². The van der Waals surface area contributed by atoms with Gasteiger partial charge in [-0.3, -0.25) is 0 Å². The third-order valence-corrected chi connectivity index (χ3v) is 4.18.